The zero-order valence-electron chi connectivity index (χ0n) is 7.08. The van der Waals surface area contributed by atoms with E-state index in [-0.39, 0.29) is 0 Å². The Hall–Kier alpha value is -1.68. The summed E-state index contributed by atoms with van der Waals surface area (Å²) in [6.45, 7) is 0. The van der Waals surface area contributed by atoms with E-state index in [1.807, 2.05) is 24.3 Å². The van der Waals surface area contributed by atoms with Gasteiger partial charge in [-0.15, -0.1) is 0 Å². The van der Waals surface area contributed by atoms with Crippen molar-refractivity contribution in [1.82, 2.24) is 4.98 Å². The summed E-state index contributed by atoms with van der Waals surface area (Å²) in [4.78, 5) is 13.8. The van der Waals surface area contributed by atoms with Crippen molar-refractivity contribution in [3.8, 4) is 0 Å². The second-order valence-corrected chi connectivity index (χ2v) is 2.91. The van der Waals surface area contributed by atoms with Crippen molar-refractivity contribution >= 4 is 34.7 Å². The van der Waals surface area contributed by atoms with Crippen LogP contribution in [0.5, 0.6) is 0 Å². The van der Waals surface area contributed by atoms with E-state index in [1.54, 1.807) is 6.07 Å². The van der Waals surface area contributed by atoms with Crippen molar-refractivity contribution < 1.29 is 9.08 Å². The number of hydrogen-bond acceptors (Lipinski definition) is 2. The van der Waals surface area contributed by atoms with Crippen LogP contribution in [0.1, 0.15) is 0 Å². The summed E-state index contributed by atoms with van der Waals surface area (Å²) >= 11 is 4.87. The van der Waals surface area contributed by atoms with E-state index < -0.39 is 6.09 Å². The molecular formula is C9H7ClN2O2. The predicted molar refractivity (Wildman–Crippen MR) is 54.3 cm³/mol. The third-order valence-electron chi connectivity index (χ3n) is 1.84. The Balaban J connectivity index is 2.31. The number of halogens is 1. The Morgan fingerprint density at radius 2 is 2.21 bits per heavy atom. The lowest BCUT2D eigenvalue weighted by Crippen LogP contribution is -2.08. The first-order valence-electron chi connectivity index (χ1n) is 3.97. The topological polar surface area (TPSA) is 54.1 Å². The zero-order valence-corrected chi connectivity index (χ0v) is 7.84. The molecule has 14 heavy (non-hydrogen) atoms. The smallest absolute Gasteiger partial charge is 0.341 e. The molecule has 0 aliphatic rings. The molecule has 0 fully saturated rings. The van der Waals surface area contributed by atoms with Gasteiger partial charge in [0.15, 0.2) is 0 Å². The second-order valence-electron chi connectivity index (χ2n) is 2.76. The minimum absolute atomic E-state index is 0.553. The molecule has 0 aliphatic heterocycles. The molecule has 1 aromatic heterocycles. The number of hydrogen-bond donors (Lipinski definition) is 2. The molecular weight excluding hydrogens is 204 g/mol. The molecule has 2 N–H and O–H groups in total. The molecule has 2 aromatic rings. The molecule has 0 aliphatic carbocycles. The number of para-hydroxylation sites is 1. The van der Waals surface area contributed by atoms with Crippen LogP contribution in [-0.4, -0.2) is 11.1 Å². The highest BCUT2D eigenvalue weighted by Gasteiger charge is 2.04. The summed E-state index contributed by atoms with van der Waals surface area (Å²) in [7, 11) is 0. The van der Waals surface area contributed by atoms with E-state index in [1.165, 1.54) is 0 Å². The molecule has 0 bridgehead atoms. The van der Waals surface area contributed by atoms with Crippen LogP contribution in [0, 0.1) is 0 Å². The SMILES string of the molecule is O=C(Nc1cc2ccccc2[nH]1)OCl. The number of carbonyl (C=O) groups excluding carboxylic acids is 1. The Morgan fingerprint density at radius 1 is 1.43 bits per heavy atom. The number of carbonyl (C=O) groups is 1. The van der Waals surface area contributed by atoms with Gasteiger partial charge in [-0.25, -0.2) is 4.79 Å². The van der Waals surface area contributed by atoms with Gasteiger partial charge in [0, 0.05) is 10.9 Å². The van der Waals surface area contributed by atoms with Gasteiger partial charge >= 0.3 is 6.09 Å². The number of nitrogens with one attached hydrogen (secondary N) is 2. The maximum absolute atomic E-state index is 10.8. The van der Waals surface area contributed by atoms with Gasteiger partial charge in [0.1, 0.15) is 17.7 Å². The molecule has 72 valence electrons. The van der Waals surface area contributed by atoms with Gasteiger partial charge in [-0.3, -0.25) is 5.32 Å². The quantitative estimate of drug-likeness (QED) is 0.761. The fourth-order valence-corrected chi connectivity index (χ4v) is 1.31. The highest BCUT2D eigenvalue weighted by atomic mass is 35.5. The van der Waals surface area contributed by atoms with Gasteiger partial charge in [-0.2, -0.15) is 0 Å². The number of fused-ring (bicyclic) bond motifs is 1. The zero-order chi connectivity index (χ0) is 9.97. The molecule has 0 radical (unpaired) electrons. The number of aromatic amines is 1. The molecule has 1 amide bonds. The van der Waals surface area contributed by atoms with Crippen LogP contribution >= 0.6 is 11.9 Å². The van der Waals surface area contributed by atoms with Crippen molar-refractivity contribution in [2.24, 2.45) is 0 Å². The Bertz CT molecular complexity index is 434. The Labute approximate surface area is 85.0 Å². The van der Waals surface area contributed by atoms with Crippen molar-refractivity contribution in [2.45, 2.75) is 0 Å². The molecule has 1 heterocycles. The third-order valence-corrected chi connectivity index (χ3v) is 1.98. The van der Waals surface area contributed by atoms with Crippen LogP contribution < -0.4 is 5.32 Å². The molecule has 0 saturated carbocycles. The molecule has 5 heteroatoms. The summed E-state index contributed by atoms with van der Waals surface area (Å²) in [6, 6.07) is 9.46. The van der Waals surface area contributed by atoms with Gasteiger partial charge in [0.25, 0.3) is 0 Å². The Morgan fingerprint density at radius 3 is 2.93 bits per heavy atom. The first kappa shape index (κ1) is 8.90. The maximum atomic E-state index is 10.8. The van der Waals surface area contributed by atoms with Crippen LogP contribution in [0.2, 0.25) is 0 Å². The number of benzene rings is 1. The third kappa shape index (κ3) is 1.65. The standard InChI is InChI=1S/C9H7ClN2O2/c10-14-9(13)12-8-5-6-3-1-2-4-7(6)11-8/h1-5,11H,(H,12,13). The van der Waals surface area contributed by atoms with Crippen LogP contribution in [0.25, 0.3) is 10.9 Å². The van der Waals surface area contributed by atoms with Crippen molar-refractivity contribution in [3.63, 3.8) is 0 Å². The van der Waals surface area contributed by atoms with Crippen LogP contribution in [0.4, 0.5) is 10.6 Å². The number of H-pyrrole nitrogens is 1. The van der Waals surface area contributed by atoms with E-state index >= 15 is 0 Å². The molecule has 4 nitrogen and oxygen atoms in total. The highest BCUT2D eigenvalue weighted by Crippen LogP contribution is 2.17. The molecule has 1 aromatic carbocycles. The van der Waals surface area contributed by atoms with Gasteiger partial charge < -0.3 is 9.27 Å². The summed E-state index contributed by atoms with van der Waals surface area (Å²) in [5, 5.41) is 3.44. The summed E-state index contributed by atoms with van der Waals surface area (Å²) in [5.74, 6) is 0.553. The van der Waals surface area contributed by atoms with Gasteiger partial charge in [0.05, 0.1) is 0 Å². The van der Waals surface area contributed by atoms with Crippen LogP contribution in [0.15, 0.2) is 30.3 Å². The van der Waals surface area contributed by atoms with Crippen molar-refractivity contribution in [1.29, 1.82) is 0 Å². The van der Waals surface area contributed by atoms with E-state index in [2.05, 4.69) is 14.6 Å². The van der Waals surface area contributed by atoms with Gasteiger partial charge in [0.2, 0.25) is 0 Å². The highest BCUT2D eigenvalue weighted by molar-refractivity contribution is 6.14. The van der Waals surface area contributed by atoms with Crippen LogP contribution in [0.3, 0.4) is 0 Å². The number of aromatic nitrogens is 1. The van der Waals surface area contributed by atoms with Gasteiger partial charge in [-0.1, -0.05) is 18.2 Å². The molecule has 0 unspecified atom stereocenters. The fraction of sp³-hybridized carbons (Fsp3) is 0. The fourth-order valence-electron chi connectivity index (χ4n) is 1.27. The van der Waals surface area contributed by atoms with E-state index in [9.17, 15) is 4.79 Å². The number of amides is 1. The second kappa shape index (κ2) is 3.59. The lowest BCUT2D eigenvalue weighted by molar-refractivity contribution is 0.219. The lowest BCUT2D eigenvalue weighted by Gasteiger charge is -1.95. The van der Waals surface area contributed by atoms with E-state index in [0.29, 0.717) is 5.82 Å². The van der Waals surface area contributed by atoms with Crippen molar-refractivity contribution in [3.05, 3.63) is 30.3 Å². The average molecular weight is 211 g/mol. The van der Waals surface area contributed by atoms with Crippen molar-refractivity contribution in [2.75, 3.05) is 5.32 Å². The summed E-state index contributed by atoms with van der Waals surface area (Å²) in [5.41, 5.74) is 0.942. The summed E-state index contributed by atoms with van der Waals surface area (Å²) < 4.78 is 3.95. The molecule has 2 rings (SSSR count). The normalized spacial score (nSPS) is 10.1. The average Bonchev–Trinajstić information content (AvgIpc) is 2.59. The minimum atomic E-state index is -0.710. The molecule has 0 atom stereocenters. The van der Waals surface area contributed by atoms with Crippen LogP contribution in [-0.2, 0) is 4.29 Å². The largest absolute Gasteiger partial charge is 0.431 e. The first-order valence-corrected chi connectivity index (χ1v) is 4.28. The van der Waals surface area contributed by atoms with E-state index in [0.717, 1.165) is 10.9 Å². The summed E-state index contributed by atoms with van der Waals surface area (Å²) in [6.07, 6.45) is -0.710. The molecule has 0 saturated heterocycles. The lowest BCUT2D eigenvalue weighted by atomic mass is 10.2. The number of rotatable bonds is 1. The molecule has 0 spiro atoms. The van der Waals surface area contributed by atoms with Gasteiger partial charge in [-0.05, 0) is 12.1 Å². The van der Waals surface area contributed by atoms with E-state index in [4.69, 9.17) is 11.9 Å². The monoisotopic (exact) mass is 210 g/mol. The first-order chi connectivity index (χ1) is 6.79. The minimum Gasteiger partial charge on any atom is -0.341 e. The predicted octanol–water partition coefficient (Wildman–Crippen LogP) is 2.87. The number of anilines is 1. The Kier molecular flexibility index (Phi) is 2.28. The maximum Gasteiger partial charge on any atom is 0.431 e.